The van der Waals surface area contributed by atoms with Crippen molar-refractivity contribution >= 4 is 17.3 Å². The Labute approximate surface area is 126 Å². The molecule has 0 saturated carbocycles. The Morgan fingerprint density at radius 3 is 2.52 bits per heavy atom. The van der Waals surface area contributed by atoms with Crippen LogP contribution in [-0.2, 0) is 13.0 Å². The molecule has 1 N–H and O–H groups in total. The Kier molecular flexibility index (Phi) is 5.25. The van der Waals surface area contributed by atoms with E-state index in [0.29, 0.717) is 30.1 Å². The summed E-state index contributed by atoms with van der Waals surface area (Å²) in [7, 11) is 0. The maximum Gasteiger partial charge on any atom is 0.269 e. The van der Waals surface area contributed by atoms with Crippen molar-refractivity contribution in [2.75, 3.05) is 6.54 Å². The van der Waals surface area contributed by atoms with Crippen LogP contribution in [0.4, 0.5) is 10.1 Å². The lowest BCUT2D eigenvalue weighted by molar-refractivity contribution is -0.384. The zero-order valence-electron chi connectivity index (χ0n) is 11.2. The molecule has 0 aliphatic carbocycles. The number of nitro groups is 1. The maximum atomic E-state index is 13.5. The third-order valence-electron chi connectivity index (χ3n) is 3.07. The highest BCUT2D eigenvalue weighted by Gasteiger charge is 2.04. The quantitative estimate of drug-likeness (QED) is 0.503. The molecule has 4 nitrogen and oxygen atoms in total. The predicted octanol–water partition coefficient (Wildman–Crippen LogP) is 3.72. The van der Waals surface area contributed by atoms with Crippen molar-refractivity contribution in [1.29, 1.82) is 0 Å². The lowest BCUT2D eigenvalue weighted by atomic mass is 10.1. The van der Waals surface area contributed by atoms with Crippen LogP contribution in [0.5, 0.6) is 0 Å². The summed E-state index contributed by atoms with van der Waals surface area (Å²) >= 11 is 5.68. The van der Waals surface area contributed by atoms with Crippen LogP contribution in [-0.4, -0.2) is 11.5 Å². The molecule has 0 bridgehead atoms. The minimum atomic E-state index is -0.425. The van der Waals surface area contributed by atoms with Crippen molar-refractivity contribution in [1.82, 2.24) is 5.32 Å². The molecule has 0 aliphatic heterocycles. The number of hydrogen-bond acceptors (Lipinski definition) is 3. The molecule has 6 heteroatoms. The van der Waals surface area contributed by atoms with Gasteiger partial charge in [0.15, 0.2) is 0 Å². The Balaban J connectivity index is 1.80. The zero-order chi connectivity index (χ0) is 15.2. The van der Waals surface area contributed by atoms with Gasteiger partial charge < -0.3 is 5.32 Å². The van der Waals surface area contributed by atoms with E-state index in [0.717, 1.165) is 5.56 Å². The van der Waals surface area contributed by atoms with Crippen LogP contribution >= 0.6 is 11.6 Å². The van der Waals surface area contributed by atoms with Crippen LogP contribution < -0.4 is 5.32 Å². The van der Waals surface area contributed by atoms with Crippen LogP contribution in [0.15, 0.2) is 42.5 Å². The van der Waals surface area contributed by atoms with E-state index in [9.17, 15) is 14.5 Å². The molecule has 0 spiro atoms. The fourth-order valence-corrected chi connectivity index (χ4v) is 2.06. The normalized spacial score (nSPS) is 10.6. The second-order valence-corrected chi connectivity index (χ2v) is 5.02. The second kappa shape index (κ2) is 7.15. The van der Waals surface area contributed by atoms with Gasteiger partial charge >= 0.3 is 0 Å². The molecule has 0 fully saturated rings. The van der Waals surface area contributed by atoms with E-state index in [2.05, 4.69) is 5.32 Å². The topological polar surface area (TPSA) is 55.2 Å². The first kappa shape index (κ1) is 15.4. The van der Waals surface area contributed by atoms with Crippen LogP contribution in [0.2, 0.25) is 5.02 Å². The maximum absolute atomic E-state index is 13.5. The first-order chi connectivity index (χ1) is 10.1. The van der Waals surface area contributed by atoms with Crippen LogP contribution in [0.25, 0.3) is 0 Å². The number of non-ortho nitro benzene ring substituents is 1. The summed E-state index contributed by atoms with van der Waals surface area (Å²) in [6.45, 7) is 1.07. The Bertz CT molecular complexity index is 632. The van der Waals surface area contributed by atoms with Gasteiger partial charge in [-0.25, -0.2) is 4.39 Å². The van der Waals surface area contributed by atoms with E-state index >= 15 is 0 Å². The lowest BCUT2D eigenvalue weighted by Crippen LogP contribution is -2.17. The number of benzene rings is 2. The summed E-state index contributed by atoms with van der Waals surface area (Å²) in [5.41, 5.74) is 1.63. The summed E-state index contributed by atoms with van der Waals surface area (Å²) in [5.74, 6) is -0.328. The molecule has 2 aromatic carbocycles. The minimum absolute atomic E-state index is 0.0787. The van der Waals surface area contributed by atoms with Gasteiger partial charge in [0.25, 0.3) is 5.69 Å². The average Bonchev–Trinajstić information content (AvgIpc) is 2.46. The van der Waals surface area contributed by atoms with Crippen molar-refractivity contribution in [2.24, 2.45) is 0 Å². The Morgan fingerprint density at radius 1 is 1.19 bits per heavy atom. The van der Waals surface area contributed by atoms with Crippen molar-refractivity contribution in [2.45, 2.75) is 13.0 Å². The largest absolute Gasteiger partial charge is 0.312 e. The van der Waals surface area contributed by atoms with E-state index in [1.807, 2.05) is 0 Å². The van der Waals surface area contributed by atoms with Crippen LogP contribution in [0.1, 0.15) is 11.1 Å². The summed E-state index contributed by atoms with van der Waals surface area (Å²) < 4.78 is 13.5. The van der Waals surface area contributed by atoms with Crippen molar-refractivity contribution in [3.63, 3.8) is 0 Å². The van der Waals surface area contributed by atoms with Crippen molar-refractivity contribution in [3.8, 4) is 0 Å². The van der Waals surface area contributed by atoms with E-state index in [-0.39, 0.29) is 11.5 Å². The summed E-state index contributed by atoms with van der Waals surface area (Å²) in [5, 5.41) is 14.0. The number of nitrogens with zero attached hydrogens (tertiary/aromatic N) is 1. The fourth-order valence-electron chi connectivity index (χ4n) is 1.91. The van der Waals surface area contributed by atoms with Crippen LogP contribution in [0, 0.1) is 15.9 Å². The SMILES string of the molecule is O=[N+]([O-])c1ccc(CCNCc2ccc(Cl)cc2F)cc1. The Hall–Kier alpha value is -1.98. The predicted molar refractivity (Wildman–Crippen MR) is 79.9 cm³/mol. The van der Waals surface area contributed by atoms with Gasteiger partial charge in [0, 0.05) is 29.3 Å². The smallest absolute Gasteiger partial charge is 0.269 e. The zero-order valence-corrected chi connectivity index (χ0v) is 11.9. The molecule has 2 aromatic rings. The molecule has 0 amide bonds. The molecule has 0 atom stereocenters. The number of rotatable bonds is 6. The molecule has 0 heterocycles. The second-order valence-electron chi connectivity index (χ2n) is 4.59. The fraction of sp³-hybridized carbons (Fsp3) is 0.200. The van der Waals surface area contributed by atoms with Crippen molar-refractivity contribution in [3.05, 3.63) is 74.5 Å². The third-order valence-corrected chi connectivity index (χ3v) is 3.30. The van der Waals surface area contributed by atoms with Gasteiger partial charge in [-0.2, -0.15) is 0 Å². The Morgan fingerprint density at radius 2 is 1.90 bits per heavy atom. The molecule has 110 valence electrons. The lowest BCUT2D eigenvalue weighted by Gasteiger charge is -2.06. The number of halogens is 2. The van der Waals surface area contributed by atoms with Crippen molar-refractivity contribution < 1.29 is 9.31 Å². The molecule has 0 unspecified atom stereocenters. The molecule has 0 radical (unpaired) electrons. The summed E-state index contributed by atoms with van der Waals surface area (Å²) in [4.78, 5) is 10.1. The van der Waals surface area contributed by atoms with Gasteiger partial charge in [-0.05, 0) is 30.7 Å². The van der Waals surface area contributed by atoms with Gasteiger partial charge in [-0.1, -0.05) is 29.8 Å². The van der Waals surface area contributed by atoms with E-state index in [4.69, 9.17) is 11.6 Å². The molecule has 21 heavy (non-hydrogen) atoms. The first-order valence-electron chi connectivity index (χ1n) is 6.44. The first-order valence-corrected chi connectivity index (χ1v) is 6.82. The van der Waals surface area contributed by atoms with E-state index in [1.54, 1.807) is 24.3 Å². The standard InChI is InChI=1S/C15H14ClFN2O2/c16-13-4-3-12(15(17)9-13)10-18-8-7-11-1-5-14(6-2-11)19(20)21/h1-6,9,18H,7-8,10H2. The molecular formula is C15H14ClFN2O2. The number of nitrogens with one attached hydrogen (secondary N) is 1. The monoisotopic (exact) mass is 308 g/mol. The number of nitro benzene ring substituents is 1. The van der Waals surface area contributed by atoms with E-state index < -0.39 is 4.92 Å². The third kappa shape index (κ3) is 4.51. The summed E-state index contributed by atoms with van der Waals surface area (Å²) in [6.07, 6.45) is 0.715. The van der Waals surface area contributed by atoms with Gasteiger partial charge in [-0.3, -0.25) is 10.1 Å². The molecular weight excluding hydrogens is 295 g/mol. The molecule has 0 saturated heterocycles. The van der Waals surface area contributed by atoms with Gasteiger partial charge in [0.05, 0.1) is 4.92 Å². The number of hydrogen-bond donors (Lipinski definition) is 1. The average molecular weight is 309 g/mol. The minimum Gasteiger partial charge on any atom is -0.312 e. The highest BCUT2D eigenvalue weighted by Crippen LogP contribution is 2.14. The van der Waals surface area contributed by atoms with Crippen LogP contribution in [0.3, 0.4) is 0 Å². The molecule has 2 rings (SSSR count). The van der Waals surface area contributed by atoms with Gasteiger partial charge in [-0.15, -0.1) is 0 Å². The van der Waals surface area contributed by atoms with Gasteiger partial charge in [0.1, 0.15) is 5.82 Å². The highest BCUT2D eigenvalue weighted by molar-refractivity contribution is 6.30. The molecule has 0 aliphatic rings. The summed E-state index contributed by atoms with van der Waals surface area (Å²) in [6, 6.07) is 11.0. The highest BCUT2D eigenvalue weighted by atomic mass is 35.5. The van der Waals surface area contributed by atoms with Gasteiger partial charge in [0.2, 0.25) is 0 Å². The van der Waals surface area contributed by atoms with E-state index in [1.165, 1.54) is 18.2 Å². The molecule has 0 aromatic heterocycles.